The van der Waals surface area contributed by atoms with Crippen molar-refractivity contribution >= 4 is 23.0 Å². The van der Waals surface area contributed by atoms with Crippen molar-refractivity contribution in [2.45, 2.75) is 6.92 Å². The number of imidazole rings is 1. The maximum atomic E-state index is 11.1. The molecule has 0 atom stereocenters. The van der Waals surface area contributed by atoms with Gasteiger partial charge in [0.2, 0.25) is 0 Å². The number of rotatable bonds is 3. The molecule has 6 nitrogen and oxygen atoms in total. The molecule has 0 saturated carbocycles. The maximum absolute atomic E-state index is 11.1. The normalized spacial score (nSPS) is 11.0. The largest absolute Gasteiger partial charge is 0.506 e. The molecule has 2 N–H and O–H groups in total. The molecule has 3 rings (SSSR count). The molecule has 0 aliphatic carbocycles. The van der Waals surface area contributed by atoms with Gasteiger partial charge in [0.25, 0.3) is 0 Å². The lowest BCUT2D eigenvalue weighted by atomic mass is 10.2. The van der Waals surface area contributed by atoms with Crippen molar-refractivity contribution in [3.63, 3.8) is 0 Å². The molecule has 0 amide bonds. The standard InChI is InChI=1S/C14H12N2O4S/c1-7-11(17)13(14(18)19)21-12(7)9-5-15-10-4-3-8(20-2)6-16(9)10/h3-6,17H,1-2H3,(H,18,19). The molecule has 0 fully saturated rings. The lowest BCUT2D eigenvalue weighted by molar-refractivity contribution is 0.0699. The van der Waals surface area contributed by atoms with Crippen LogP contribution in [0.1, 0.15) is 15.2 Å². The third-order valence-corrected chi connectivity index (χ3v) is 4.55. The molecule has 0 saturated heterocycles. The lowest BCUT2D eigenvalue weighted by Crippen LogP contribution is -1.91. The summed E-state index contributed by atoms with van der Waals surface area (Å²) in [4.78, 5) is 16.0. The minimum Gasteiger partial charge on any atom is -0.506 e. The van der Waals surface area contributed by atoms with E-state index in [2.05, 4.69) is 4.98 Å². The number of hydrogen-bond acceptors (Lipinski definition) is 5. The fourth-order valence-corrected chi connectivity index (χ4v) is 3.19. The second kappa shape index (κ2) is 4.78. The van der Waals surface area contributed by atoms with Crippen LogP contribution in [0.25, 0.3) is 16.2 Å². The van der Waals surface area contributed by atoms with Crippen LogP contribution < -0.4 is 4.74 Å². The number of ether oxygens (including phenoxy) is 1. The molecule has 21 heavy (non-hydrogen) atoms. The van der Waals surface area contributed by atoms with Crippen LogP contribution in [-0.4, -0.2) is 32.7 Å². The van der Waals surface area contributed by atoms with E-state index in [0.29, 0.717) is 21.9 Å². The van der Waals surface area contributed by atoms with Gasteiger partial charge in [0.05, 0.1) is 30.1 Å². The van der Waals surface area contributed by atoms with Crippen LogP contribution in [0.2, 0.25) is 0 Å². The summed E-state index contributed by atoms with van der Waals surface area (Å²) in [5.74, 6) is -0.669. The van der Waals surface area contributed by atoms with Gasteiger partial charge in [0, 0.05) is 5.56 Å². The molecule has 7 heteroatoms. The number of carbonyl (C=O) groups is 1. The summed E-state index contributed by atoms with van der Waals surface area (Å²) in [5, 5.41) is 19.0. The number of pyridine rings is 1. The minimum absolute atomic E-state index is 0.0691. The van der Waals surface area contributed by atoms with Gasteiger partial charge in [0.1, 0.15) is 17.1 Å². The fourth-order valence-electron chi connectivity index (χ4n) is 2.14. The summed E-state index contributed by atoms with van der Waals surface area (Å²) in [6.45, 7) is 1.69. The third kappa shape index (κ3) is 2.02. The number of carboxylic acids is 1. The molecule has 108 valence electrons. The maximum Gasteiger partial charge on any atom is 0.349 e. The Morgan fingerprint density at radius 3 is 2.81 bits per heavy atom. The van der Waals surface area contributed by atoms with Gasteiger partial charge < -0.3 is 14.9 Å². The number of aromatic hydroxyl groups is 1. The van der Waals surface area contributed by atoms with Crippen molar-refractivity contribution in [2.24, 2.45) is 0 Å². The number of nitrogens with zero attached hydrogens (tertiary/aromatic N) is 2. The van der Waals surface area contributed by atoms with E-state index in [1.54, 1.807) is 32.5 Å². The van der Waals surface area contributed by atoms with Gasteiger partial charge in [-0.1, -0.05) is 0 Å². The van der Waals surface area contributed by atoms with Gasteiger partial charge in [-0.05, 0) is 19.1 Å². The van der Waals surface area contributed by atoms with E-state index >= 15 is 0 Å². The average Bonchev–Trinajstić information content (AvgIpc) is 3.01. The summed E-state index contributed by atoms with van der Waals surface area (Å²) >= 11 is 1.03. The predicted octanol–water partition coefficient (Wildman–Crippen LogP) is 2.78. The van der Waals surface area contributed by atoms with Crippen LogP contribution in [0, 0.1) is 6.92 Å². The summed E-state index contributed by atoms with van der Waals surface area (Å²) in [6, 6.07) is 3.61. The number of fused-ring (bicyclic) bond motifs is 1. The van der Waals surface area contributed by atoms with E-state index in [1.165, 1.54) is 0 Å². The highest BCUT2D eigenvalue weighted by Crippen LogP contribution is 2.40. The Labute approximate surface area is 123 Å². The van der Waals surface area contributed by atoms with Crippen molar-refractivity contribution in [3.05, 3.63) is 35.0 Å². The van der Waals surface area contributed by atoms with Gasteiger partial charge in [-0.15, -0.1) is 11.3 Å². The van der Waals surface area contributed by atoms with Crippen molar-refractivity contribution in [1.82, 2.24) is 9.38 Å². The Balaban J connectivity index is 2.25. The number of aromatic nitrogens is 2. The van der Waals surface area contributed by atoms with E-state index in [1.807, 2.05) is 10.5 Å². The van der Waals surface area contributed by atoms with Crippen LogP contribution in [0.5, 0.6) is 11.5 Å². The van der Waals surface area contributed by atoms with Crippen LogP contribution >= 0.6 is 11.3 Å². The number of aromatic carboxylic acids is 1. The van der Waals surface area contributed by atoms with E-state index in [4.69, 9.17) is 9.84 Å². The zero-order chi connectivity index (χ0) is 15.1. The first-order valence-corrected chi connectivity index (χ1v) is 6.91. The molecule has 0 unspecified atom stereocenters. The third-order valence-electron chi connectivity index (χ3n) is 3.26. The van der Waals surface area contributed by atoms with Gasteiger partial charge in [0.15, 0.2) is 4.88 Å². The topological polar surface area (TPSA) is 84.1 Å². The van der Waals surface area contributed by atoms with Gasteiger partial charge in [-0.25, -0.2) is 9.78 Å². The Kier molecular flexibility index (Phi) is 3.06. The Bertz CT molecular complexity index is 850. The van der Waals surface area contributed by atoms with E-state index in [0.717, 1.165) is 17.0 Å². The highest BCUT2D eigenvalue weighted by molar-refractivity contribution is 7.17. The molecule has 0 aromatic carbocycles. The van der Waals surface area contributed by atoms with Crippen molar-refractivity contribution < 1.29 is 19.7 Å². The smallest absolute Gasteiger partial charge is 0.349 e. The first-order valence-electron chi connectivity index (χ1n) is 6.10. The highest BCUT2D eigenvalue weighted by atomic mass is 32.1. The zero-order valence-corrected chi connectivity index (χ0v) is 12.1. The fraction of sp³-hybridized carbons (Fsp3) is 0.143. The minimum atomic E-state index is -1.14. The van der Waals surface area contributed by atoms with Gasteiger partial charge >= 0.3 is 5.97 Å². The van der Waals surface area contributed by atoms with Crippen molar-refractivity contribution in [3.8, 4) is 22.1 Å². The Morgan fingerprint density at radius 1 is 1.43 bits per heavy atom. The van der Waals surface area contributed by atoms with Crippen LogP contribution in [0.4, 0.5) is 0 Å². The van der Waals surface area contributed by atoms with Crippen LogP contribution in [0.3, 0.4) is 0 Å². The monoisotopic (exact) mass is 304 g/mol. The molecule has 0 aliphatic heterocycles. The molecular formula is C14H12N2O4S. The quantitative estimate of drug-likeness (QED) is 0.777. The first kappa shape index (κ1) is 13.4. The Hall–Kier alpha value is -2.54. The van der Waals surface area contributed by atoms with Crippen molar-refractivity contribution in [2.75, 3.05) is 7.11 Å². The predicted molar refractivity (Wildman–Crippen MR) is 78.4 cm³/mol. The van der Waals surface area contributed by atoms with Gasteiger partial charge in [-0.3, -0.25) is 4.40 Å². The molecule has 0 spiro atoms. The van der Waals surface area contributed by atoms with Crippen molar-refractivity contribution in [1.29, 1.82) is 0 Å². The van der Waals surface area contributed by atoms with Crippen LogP contribution in [0.15, 0.2) is 24.5 Å². The molecule has 0 bridgehead atoms. The summed E-state index contributed by atoms with van der Waals surface area (Å²) in [6.07, 6.45) is 3.42. The summed E-state index contributed by atoms with van der Waals surface area (Å²) in [5.41, 5.74) is 1.96. The first-order chi connectivity index (χ1) is 10.0. The second-order valence-electron chi connectivity index (χ2n) is 4.48. The number of carboxylic acid groups (broad SMARTS) is 1. The molecular weight excluding hydrogens is 292 g/mol. The average molecular weight is 304 g/mol. The SMILES string of the molecule is COc1ccc2ncc(-c3sc(C(=O)O)c(O)c3C)n2c1. The number of thiophene rings is 1. The highest BCUT2D eigenvalue weighted by Gasteiger charge is 2.22. The molecule has 3 aromatic rings. The lowest BCUT2D eigenvalue weighted by Gasteiger charge is -2.03. The number of hydrogen-bond donors (Lipinski definition) is 2. The Morgan fingerprint density at radius 2 is 2.19 bits per heavy atom. The summed E-state index contributed by atoms with van der Waals surface area (Å²) < 4.78 is 7.00. The molecule has 3 heterocycles. The second-order valence-corrected chi connectivity index (χ2v) is 5.50. The van der Waals surface area contributed by atoms with E-state index in [-0.39, 0.29) is 10.6 Å². The zero-order valence-electron chi connectivity index (χ0n) is 11.3. The van der Waals surface area contributed by atoms with E-state index in [9.17, 15) is 9.90 Å². The van der Waals surface area contributed by atoms with Gasteiger partial charge in [-0.2, -0.15) is 0 Å². The molecule has 0 radical (unpaired) electrons. The molecule has 0 aliphatic rings. The molecule has 3 aromatic heterocycles. The van der Waals surface area contributed by atoms with E-state index < -0.39 is 5.97 Å². The van der Waals surface area contributed by atoms with Crippen LogP contribution in [-0.2, 0) is 0 Å². The summed E-state index contributed by atoms with van der Waals surface area (Å²) in [7, 11) is 1.57. The number of methoxy groups -OCH3 is 1.